The van der Waals surface area contributed by atoms with E-state index in [9.17, 15) is 9.18 Å². The molecule has 2 aromatic rings. The van der Waals surface area contributed by atoms with Crippen molar-refractivity contribution in [2.24, 2.45) is 0 Å². The molecule has 0 aliphatic heterocycles. The minimum atomic E-state index is -0.422. The van der Waals surface area contributed by atoms with Gasteiger partial charge in [0.15, 0.2) is 0 Å². The number of halogens is 2. The maximum atomic E-state index is 13.2. The van der Waals surface area contributed by atoms with Crippen LogP contribution in [0, 0.1) is 5.82 Å². The summed E-state index contributed by atoms with van der Waals surface area (Å²) < 4.78 is 18.9. The smallest absolute Gasteiger partial charge is 0.258 e. The molecule has 1 amide bonds. The number of carbonyl (C=O) groups excluding carboxylic acids is 1. The summed E-state index contributed by atoms with van der Waals surface area (Å²) in [4.78, 5) is 16.1. The van der Waals surface area contributed by atoms with Crippen LogP contribution in [0.2, 0.25) is 0 Å². The predicted molar refractivity (Wildman–Crippen MR) is 77.5 cm³/mol. The van der Waals surface area contributed by atoms with E-state index < -0.39 is 5.82 Å². The van der Waals surface area contributed by atoms with Gasteiger partial charge in [-0.15, -0.1) is 0 Å². The maximum Gasteiger partial charge on any atom is 0.258 e. The van der Waals surface area contributed by atoms with Gasteiger partial charge in [0.25, 0.3) is 5.91 Å². The van der Waals surface area contributed by atoms with Crippen molar-refractivity contribution in [1.29, 1.82) is 0 Å². The van der Waals surface area contributed by atoms with Crippen molar-refractivity contribution in [1.82, 2.24) is 4.98 Å². The van der Waals surface area contributed by atoms with Crippen LogP contribution in [0.25, 0.3) is 0 Å². The quantitative estimate of drug-likeness (QED) is 0.866. The zero-order valence-corrected chi connectivity index (χ0v) is 12.3. The number of nitrogens with one attached hydrogen (secondary N) is 1. The molecular formula is C14H12BrFN2O2. The Kier molecular flexibility index (Phi) is 4.68. The number of benzene rings is 1. The number of hydrogen-bond acceptors (Lipinski definition) is 3. The van der Waals surface area contributed by atoms with Gasteiger partial charge in [0.2, 0.25) is 0 Å². The first-order valence-electron chi connectivity index (χ1n) is 5.96. The highest BCUT2D eigenvalue weighted by molar-refractivity contribution is 9.10. The lowest BCUT2D eigenvalue weighted by Gasteiger charge is -2.12. The highest BCUT2D eigenvalue weighted by Gasteiger charge is 2.13. The lowest BCUT2D eigenvalue weighted by molar-refractivity contribution is 0.102. The second kappa shape index (κ2) is 6.47. The lowest BCUT2D eigenvalue weighted by atomic mass is 10.2. The third kappa shape index (κ3) is 3.33. The van der Waals surface area contributed by atoms with E-state index in [-0.39, 0.29) is 5.91 Å². The molecule has 0 bridgehead atoms. The van der Waals surface area contributed by atoms with Gasteiger partial charge in [0, 0.05) is 12.3 Å². The standard InChI is InChI=1S/C14H12BrFN2O2/c1-2-20-12-8-9(16)5-6-11(12)18-14(19)10-4-3-7-17-13(10)15/h3-8H,2H2,1H3,(H,18,19). The molecule has 1 heterocycles. The van der Waals surface area contributed by atoms with Crippen LogP contribution in [-0.4, -0.2) is 17.5 Å². The Balaban J connectivity index is 2.26. The number of carbonyl (C=O) groups is 1. The summed E-state index contributed by atoms with van der Waals surface area (Å²) in [5.74, 6) is -0.479. The van der Waals surface area contributed by atoms with Gasteiger partial charge in [-0.25, -0.2) is 9.37 Å². The van der Waals surface area contributed by atoms with E-state index in [1.54, 1.807) is 25.3 Å². The molecule has 2 rings (SSSR count). The van der Waals surface area contributed by atoms with E-state index >= 15 is 0 Å². The molecule has 4 nitrogen and oxygen atoms in total. The number of anilines is 1. The SMILES string of the molecule is CCOc1cc(F)ccc1NC(=O)c1cccnc1Br. The van der Waals surface area contributed by atoms with E-state index in [0.29, 0.717) is 28.2 Å². The van der Waals surface area contributed by atoms with Gasteiger partial charge in [-0.05, 0) is 47.1 Å². The molecule has 0 spiro atoms. The molecule has 0 aliphatic carbocycles. The first kappa shape index (κ1) is 14.5. The second-order valence-corrected chi connectivity index (χ2v) is 4.62. The molecule has 6 heteroatoms. The lowest BCUT2D eigenvalue weighted by Crippen LogP contribution is -2.14. The molecule has 1 N–H and O–H groups in total. The molecule has 0 radical (unpaired) electrons. The van der Waals surface area contributed by atoms with Crippen LogP contribution in [0.3, 0.4) is 0 Å². The molecular weight excluding hydrogens is 327 g/mol. The molecule has 104 valence electrons. The molecule has 0 saturated heterocycles. The third-order valence-electron chi connectivity index (χ3n) is 2.50. The van der Waals surface area contributed by atoms with Crippen LogP contribution in [-0.2, 0) is 0 Å². The van der Waals surface area contributed by atoms with Crippen molar-refractivity contribution < 1.29 is 13.9 Å². The van der Waals surface area contributed by atoms with Gasteiger partial charge in [-0.2, -0.15) is 0 Å². The second-order valence-electron chi connectivity index (χ2n) is 3.87. The molecule has 0 fully saturated rings. The van der Waals surface area contributed by atoms with Gasteiger partial charge < -0.3 is 10.1 Å². The summed E-state index contributed by atoms with van der Waals surface area (Å²) in [5, 5.41) is 2.68. The topological polar surface area (TPSA) is 51.2 Å². The van der Waals surface area contributed by atoms with Crippen molar-refractivity contribution in [2.75, 3.05) is 11.9 Å². The van der Waals surface area contributed by atoms with Crippen LogP contribution < -0.4 is 10.1 Å². The van der Waals surface area contributed by atoms with Crippen LogP contribution in [0.4, 0.5) is 10.1 Å². The molecule has 0 aliphatic rings. The predicted octanol–water partition coefficient (Wildman–Crippen LogP) is 3.63. The Hall–Kier alpha value is -1.95. The summed E-state index contributed by atoms with van der Waals surface area (Å²) in [6, 6.07) is 7.25. The fourth-order valence-corrected chi connectivity index (χ4v) is 2.05. The first-order chi connectivity index (χ1) is 9.61. The summed E-state index contributed by atoms with van der Waals surface area (Å²) in [6.45, 7) is 2.16. The highest BCUT2D eigenvalue weighted by Crippen LogP contribution is 2.26. The molecule has 20 heavy (non-hydrogen) atoms. The monoisotopic (exact) mass is 338 g/mol. The maximum absolute atomic E-state index is 13.2. The zero-order chi connectivity index (χ0) is 14.5. The van der Waals surface area contributed by atoms with Crippen molar-refractivity contribution in [3.8, 4) is 5.75 Å². The summed E-state index contributed by atoms with van der Waals surface area (Å²) in [5.41, 5.74) is 0.799. The van der Waals surface area contributed by atoms with Crippen molar-refractivity contribution in [3.63, 3.8) is 0 Å². The van der Waals surface area contributed by atoms with Crippen LogP contribution >= 0.6 is 15.9 Å². The summed E-state index contributed by atoms with van der Waals surface area (Å²) >= 11 is 3.21. The van der Waals surface area contributed by atoms with E-state index in [1.165, 1.54) is 18.2 Å². The van der Waals surface area contributed by atoms with E-state index in [4.69, 9.17) is 4.74 Å². The van der Waals surface area contributed by atoms with E-state index in [1.807, 2.05) is 0 Å². The van der Waals surface area contributed by atoms with Crippen molar-refractivity contribution in [3.05, 3.63) is 52.5 Å². The molecule has 0 atom stereocenters. The zero-order valence-electron chi connectivity index (χ0n) is 10.7. The number of pyridine rings is 1. The average Bonchev–Trinajstić information content (AvgIpc) is 2.42. The Labute approximate surface area is 124 Å². The minimum Gasteiger partial charge on any atom is -0.492 e. The fraction of sp³-hybridized carbons (Fsp3) is 0.143. The van der Waals surface area contributed by atoms with Crippen LogP contribution in [0.1, 0.15) is 17.3 Å². The summed E-state index contributed by atoms with van der Waals surface area (Å²) in [6.07, 6.45) is 1.57. The van der Waals surface area contributed by atoms with Crippen LogP contribution in [0.5, 0.6) is 5.75 Å². The van der Waals surface area contributed by atoms with Gasteiger partial charge in [-0.3, -0.25) is 4.79 Å². The fourth-order valence-electron chi connectivity index (χ4n) is 1.62. The summed E-state index contributed by atoms with van der Waals surface area (Å²) in [7, 11) is 0. The van der Waals surface area contributed by atoms with Crippen LogP contribution in [0.15, 0.2) is 41.1 Å². The number of amides is 1. The molecule has 1 aromatic carbocycles. The molecule has 1 aromatic heterocycles. The highest BCUT2D eigenvalue weighted by atomic mass is 79.9. The Morgan fingerprint density at radius 2 is 2.25 bits per heavy atom. The third-order valence-corrected chi connectivity index (χ3v) is 3.13. The minimum absolute atomic E-state index is 0.292. The number of ether oxygens (including phenoxy) is 1. The van der Waals surface area contributed by atoms with Gasteiger partial charge in [-0.1, -0.05) is 0 Å². The largest absolute Gasteiger partial charge is 0.492 e. The number of aromatic nitrogens is 1. The molecule has 0 unspecified atom stereocenters. The number of rotatable bonds is 4. The number of nitrogens with zero attached hydrogens (tertiary/aromatic N) is 1. The Morgan fingerprint density at radius 1 is 1.45 bits per heavy atom. The van der Waals surface area contributed by atoms with Gasteiger partial charge in [0.05, 0.1) is 17.9 Å². The molecule has 0 saturated carbocycles. The van der Waals surface area contributed by atoms with E-state index in [2.05, 4.69) is 26.2 Å². The Bertz CT molecular complexity index is 634. The van der Waals surface area contributed by atoms with Crippen molar-refractivity contribution in [2.45, 2.75) is 6.92 Å². The first-order valence-corrected chi connectivity index (χ1v) is 6.75. The number of hydrogen-bond donors (Lipinski definition) is 1. The van der Waals surface area contributed by atoms with Crippen molar-refractivity contribution >= 4 is 27.5 Å². The van der Waals surface area contributed by atoms with Gasteiger partial charge >= 0.3 is 0 Å². The van der Waals surface area contributed by atoms with Gasteiger partial charge in [0.1, 0.15) is 16.2 Å². The van der Waals surface area contributed by atoms with E-state index in [0.717, 1.165) is 0 Å². The normalized spacial score (nSPS) is 10.2. The average molecular weight is 339 g/mol. The Morgan fingerprint density at radius 3 is 2.95 bits per heavy atom.